The van der Waals surface area contributed by atoms with Gasteiger partial charge in [-0.1, -0.05) is 24.3 Å². The molecule has 0 spiro atoms. The largest absolute Gasteiger partial charge is 0.378 e. The zero-order valence-corrected chi connectivity index (χ0v) is 22.5. The molecule has 1 amide bonds. The number of thiophene rings is 1. The van der Waals surface area contributed by atoms with Crippen LogP contribution in [0.4, 0.5) is 15.8 Å². The lowest BCUT2D eigenvalue weighted by Crippen LogP contribution is -2.37. The van der Waals surface area contributed by atoms with Gasteiger partial charge in [0.1, 0.15) is 5.82 Å². The van der Waals surface area contributed by atoms with Gasteiger partial charge in [0.15, 0.2) is 0 Å². The lowest BCUT2D eigenvalue weighted by Gasteiger charge is -2.30. The molecule has 1 aliphatic carbocycles. The fourth-order valence-corrected chi connectivity index (χ4v) is 7.04. The van der Waals surface area contributed by atoms with Crippen LogP contribution < -0.4 is 9.80 Å². The number of hydrogen-bond acceptors (Lipinski definition) is 6. The van der Waals surface area contributed by atoms with Gasteiger partial charge in [-0.3, -0.25) is 14.7 Å². The first-order chi connectivity index (χ1) is 19.1. The number of hydrogen-bond donors (Lipinski definition) is 0. The summed E-state index contributed by atoms with van der Waals surface area (Å²) in [5, 5.41) is 3.09. The Labute approximate surface area is 231 Å². The third-order valence-corrected chi connectivity index (χ3v) is 9.32. The predicted octanol–water partition coefficient (Wildman–Crippen LogP) is 5.30. The molecule has 4 aromatic rings. The van der Waals surface area contributed by atoms with Crippen molar-refractivity contribution in [1.29, 1.82) is 0 Å². The molecule has 4 heterocycles. The maximum absolute atomic E-state index is 15.3. The SMILES string of the molecule is O=C(c1cccs1)N(CC1C2CN(Cc3cnc4ccccc4c3)CC21)c1ccc(N2CCOCC2)c(F)c1. The Kier molecular flexibility index (Phi) is 6.54. The van der Waals surface area contributed by atoms with E-state index in [0.717, 1.165) is 25.2 Å². The average molecular weight is 543 g/mol. The minimum absolute atomic E-state index is 0.0485. The molecule has 3 fully saturated rings. The molecule has 39 heavy (non-hydrogen) atoms. The number of aromatic nitrogens is 1. The number of likely N-dealkylation sites (tertiary alicyclic amines) is 1. The van der Waals surface area contributed by atoms with Crippen molar-refractivity contribution in [3.05, 3.63) is 88.5 Å². The van der Waals surface area contributed by atoms with Gasteiger partial charge in [0.25, 0.3) is 5.91 Å². The minimum Gasteiger partial charge on any atom is -0.378 e. The molecular weight excluding hydrogens is 511 g/mol. The zero-order valence-electron chi connectivity index (χ0n) is 21.7. The summed E-state index contributed by atoms with van der Waals surface area (Å²) in [6.45, 7) is 6.10. The van der Waals surface area contributed by atoms with Crippen molar-refractivity contribution in [3.63, 3.8) is 0 Å². The van der Waals surface area contributed by atoms with Crippen LogP contribution in [-0.4, -0.2) is 61.7 Å². The molecule has 0 radical (unpaired) electrons. The second kappa shape index (κ2) is 10.3. The van der Waals surface area contributed by atoms with E-state index in [1.807, 2.05) is 52.9 Å². The maximum atomic E-state index is 15.3. The van der Waals surface area contributed by atoms with E-state index in [9.17, 15) is 4.79 Å². The number of halogens is 1. The van der Waals surface area contributed by atoms with Gasteiger partial charge in [-0.05, 0) is 65.1 Å². The van der Waals surface area contributed by atoms with Crippen molar-refractivity contribution in [1.82, 2.24) is 9.88 Å². The van der Waals surface area contributed by atoms with E-state index < -0.39 is 0 Å². The molecular formula is C31H31FN4O2S. The highest BCUT2D eigenvalue weighted by molar-refractivity contribution is 7.12. The van der Waals surface area contributed by atoms with Crippen molar-refractivity contribution < 1.29 is 13.9 Å². The van der Waals surface area contributed by atoms with Crippen LogP contribution in [0.5, 0.6) is 0 Å². The summed E-state index contributed by atoms with van der Waals surface area (Å²) in [4.78, 5) is 25.2. The Bertz CT molecular complexity index is 1480. The fourth-order valence-electron chi connectivity index (χ4n) is 6.37. The Hall–Kier alpha value is -3.33. The summed E-state index contributed by atoms with van der Waals surface area (Å²) < 4.78 is 20.7. The van der Waals surface area contributed by atoms with Gasteiger partial charge in [0.05, 0.1) is 29.3 Å². The van der Waals surface area contributed by atoms with Crippen LogP contribution in [0.3, 0.4) is 0 Å². The number of pyridine rings is 1. The summed E-state index contributed by atoms with van der Waals surface area (Å²) in [5.41, 5.74) is 3.46. The first-order valence-corrected chi connectivity index (χ1v) is 14.6. The van der Waals surface area contributed by atoms with Crippen molar-refractivity contribution in [2.75, 3.05) is 55.7 Å². The quantitative estimate of drug-likeness (QED) is 0.317. The van der Waals surface area contributed by atoms with Crippen LogP contribution in [0.25, 0.3) is 10.9 Å². The smallest absolute Gasteiger partial charge is 0.268 e. The average Bonchev–Trinajstić information content (AvgIpc) is 3.34. The summed E-state index contributed by atoms with van der Waals surface area (Å²) in [5.74, 6) is 1.23. The highest BCUT2D eigenvalue weighted by Crippen LogP contribution is 2.52. The van der Waals surface area contributed by atoms with Crippen molar-refractivity contribution >= 4 is 39.5 Å². The first kappa shape index (κ1) is 24.7. The third-order valence-electron chi connectivity index (χ3n) is 8.47. The number of nitrogens with zero attached hydrogens (tertiary/aromatic N) is 4. The number of carbonyl (C=O) groups is 1. The summed E-state index contributed by atoms with van der Waals surface area (Å²) in [6, 6.07) is 19.5. The number of ether oxygens (including phenoxy) is 1. The Morgan fingerprint density at radius 2 is 1.87 bits per heavy atom. The Morgan fingerprint density at radius 3 is 2.64 bits per heavy atom. The monoisotopic (exact) mass is 542 g/mol. The van der Waals surface area contributed by atoms with E-state index in [0.29, 0.717) is 66.9 Å². The zero-order chi connectivity index (χ0) is 26.3. The molecule has 0 N–H and O–H groups in total. The number of morpholine rings is 1. The molecule has 2 aliphatic heterocycles. The second-order valence-corrected chi connectivity index (χ2v) is 11.8. The van der Waals surface area contributed by atoms with Gasteiger partial charge < -0.3 is 14.5 Å². The molecule has 1 saturated carbocycles. The second-order valence-electron chi connectivity index (χ2n) is 10.9. The lowest BCUT2D eigenvalue weighted by molar-refractivity contribution is 0.0988. The van der Waals surface area contributed by atoms with E-state index in [2.05, 4.69) is 28.1 Å². The molecule has 3 aliphatic rings. The number of anilines is 2. The van der Waals surface area contributed by atoms with Crippen molar-refractivity contribution in [2.45, 2.75) is 6.54 Å². The molecule has 7 rings (SSSR count). The molecule has 2 unspecified atom stereocenters. The number of para-hydroxylation sites is 1. The topological polar surface area (TPSA) is 48.9 Å². The van der Waals surface area contributed by atoms with E-state index in [1.165, 1.54) is 28.4 Å². The molecule has 8 heteroatoms. The number of benzene rings is 2. The van der Waals surface area contributed by atoms with E-state index in [1.54, 1.807) is 4.90 Å². The predicted molar refractivity (Wildman–Crippen MR) is 153 cm³/mol. The number of carbonyl (C=O) groups excluding carboxylic acids is 1. The first-order valence-electron chi connectivity index (χ1n) is 13.7. The van der Waals surface area contributed by atoms with Gasteiger partial charge in [0, 0.05) is 56.5 Å². The molecule has 200 valence electrons. The minimum atomic E-state index is -0.287. The maximum Gasteiger partial charge on any atom is 0.268 e. The van der Waals surface area contributed by atoms with Crippen LogP contribution in [0.15, 0.2) is 72.2 Å². The molecule has 0 bridgehead atoms. The van der Waals surface area contributed by atoms with Crippen LogP contribution in [0.2, 0.25) is 0 Å². The Balaban J connectivity index is 1.05. The van der Waals surface area contributed by atoms with Gasteiger partial charge in [-0.25, -0.2) is 4.39 Å². The fraction of sp³-hybridized carbons (Fsp3) is 0.355. The highest BCUT2D eigenvalue weighted by atomic mass is 32.1. The number of fused-ring (bicyclic) bond motifs is 2. The summed E-state index contributed by atoms with van der Waals surface area (Å²) in [6.07, 6.45) is 1.99. The Morgan fingerprint density at radius 1 is 1.05 bits per heavy atom. The van der Waals surface area contributed by atoms with Crippen LogP contribution in [0.1, 0.15) is 15.2 Å². The van der Waals surface area contributed by atoms with Gasteiger partial charge in [-0.15, -0.1) is 11.3 Å². The van der Waals surface area contributed by atoms with E-state index >= 15 is 4.39 Å². The van der Waals surface area contributed by atoms with Crippen molar-refractivity contribution in [3.8, 4) is 0 Å². The van der Waals surface area contributed by atoms with E-state index in [-0.39, 0.29) is 11.7 Å². The molecule has 2 saturated heterocycles. The third kappa shape index (κ3) is 4.93. The highest BCUT2D eigenvalue weighted by Gasteiger charge is 2.56. The number of amides is 1. The van der Waals surface area contributed by atoms with Crippen LogP contribution in [-0.2, 0) is 11.3 Å². The standard InChI is InChI=1S/C31H31FN4O2S/c32-27-15-23(7-8-29(27)35-9-11-38-12-10-35)36(31(37)30-6-3-13-39-30)20-26-24-18-34(19-25(24)26)17-21-14-22-4-1-2-5-28(22)33-16-21/h1-8,13-16,24-26H,9-12,17-20H2. The summed E-state index contributed by atoms with van der Waals surface area (Å²) in [7, 11) is 0. The van der Waals surface area contributed by atoms with Gasteiger partial charge in [0.2, 0.25) is 0 Å². The van der Waals surface area contributed by atoms with Crippen molar-refractivity contribution in [2.24, 2.45) is 17.8 Å². The van der Waals surface area contributed by atoms with Crippen LogP contribution >= 0.6 is 11.3 Å². The van der Waals surface area contributed by atoms with Crippen LogP contribution in [0, 0.1) is 23.6 Å². The van der Waals surface area contributed by atoms with Gasteiger partial charge >= 0.3 is 0 Å². The normalized spacial score (nSPS) is 22.7. The number of rotatable bonds is 7. The van der Waals surface area contributed by atoms with E-state index in [4.69, 9.17) is 4.74 Å². The summed E-state index contributed by atoms with van der Waals surface area (Å²) >= 11 is 1.43. The molecule has 2 aromatic heterocycles. The molecule has 2 aromatic carbocycles. The molecule has 2 atom stereocenters. The molecule has 6 nitrogen and oxygen atoms in total. The number of piperidine rings is 1. The lowest BCUT2D eigenvalue weighted by atomic mass is 10.1. The van der Waals surface area contributed by atoms with Gasteiger partial charge in [-0.2, -0.15) is 0 Å².